The molecular weight excluding hydrogens is 256 g/mol. The molecule has 3 rings (SSSR count). The smallest absolute Gasteiger partial charge is 0.339 e. The molecule has 0 aliphatic heterocycles. The topological polar surface area (TPSA) is 29.1 Å². The molecule has 3 nitrogen and oxygen atoms in total. The van der Waals surface area contributed by atoms with Crippen LogP contribution in [0.15, 0.2) is 58.5 Å². The van der Waals surface area contributed by atoms with E-state index in [0.717, 1.165) is 23.1 Å². The Morgan fingerprint density at radius 3 is 2.74 bits per heavy atom. The van der Waals surface area contributed by atoms with Gasteiger partial charge in [-0.2, -0.15) is 0 Å². The number of aryl methyl sites for hydroxylation is 1. The molecule has 3 aromatic rings. The molecule has 0 atom stereocenters. The van der Waals surface area contributed by atoms with Crippen LogP contribution in [-0.2, 0) is 6.54 Å². The minimum absolute atomic E-state index is 0.748. The van der Waals surface area contributed by atoms with Gasteiger partial charge in [0.05, 0.1) is 6.26 Å². The van der Waals surface area contributed by atoms with Crippen LogP contribution in [0.1, 0.15) is 11.5 Å². The Morgan fingerprint density at radius 2 is 2.00 bits per heavy atom. The Bertz CT molecular complexity index is 644. The number of para-hydroxylation sites is 1. The molecule has 0 aliphatic rings. The summed E-state index contributed by atoms with van der Waals surface area (Å²) in [5.41, 5.74) is 2.32. The van der Waals surface area contributed by atoms with Gasteiger partial charge in [0.2, 0.25) is 0 Å². The quantitative estimate of drug-likeness (QED) is 0.733. The van der Waals surface area contributed by atoms with Crippen molar-refractivity contribution in [1.29, 1.82) is 0 Å². The molecule has 0 amide bonds. The van der Waals surface area contributed by atoms with Crippen molar-refractivity contribution in [1.82, 2.24) is 0 Å². The number of benzene rings is 1. The van der Waals surface area contributed by atoms with Crippen LogP contribution in [0.5, 0.6) is 0 Å². The van der Waals surface area contributed by atoms with E-state index < -0.39 is 0 Å². The minimum Gasteiger partial charge on any atom is -0.465 e. The van der Waals surface area contributed by atoms with E-state index >= 15 is 0 Å². The Balaban J connectivity index is 1.86. The predicted molar refractivity (Wildman–Crippen MR) is 76.8 cm³/mol. The number of hydrogen-bond donors (Lipinski definition) is 1. The minimum atomic E-state index is 0.748. The van der Waals surface area contributed by atoms with Crippen LogP contribution in [0.3, 0.4) is 0 Å². The van der Waals surface area contributed by atoms with Crippen molar-refractivity contribution >= 4 is 22.2 Å². The second-order valence-corrected chi connectivity index (χ2v) is 5.20. The highest BCUT2D eigenvalue weighted by atomic mass is 32.1. The van der Waals surface area contributed by atoms with Gasteiger partial charge in [0, 0.05) is 5.38 Å². The lowest BCUT2D eigenvalue weighted by molar-refractivity contribution is -0.677. The fraction of sp³-hybridized carbons (Fsp3) is 0.133. The number of anilines is 2. The van der Waals surface area contributed by atoms with E-state index in [0.29, 0.717) is 0 Å². The summed E-state index contributed by atoms with van der Waals surface area (Å²) < 4.78 is 7.64. The van der Waals surface area contributed by atoms with E-state index in [1.807, 2.05) is 30.3 Å². The summed E-state index contributed by atoms with van der Waals surface area (Å²) in [5, 5.41) is 6.70. The number of furan rings is 1. The summed E-state index contributed by atoms with van der Waals surface area (Å²) >= 11 is 1.70. The van der Waals surface area contributed by atoms with Crippen molar-refractivity contribution in [3.05, 3.63) is 65.6 Å². The van der Waals surface area contributed by atoms with Gasteiger partial charge >= 0.3 is 5.13 Å². The number of aromatic nitrogens is 1. The Morgan fingerprint density at radius 1 is 1.16 bits per heavy atom. The van der Waals surface area contributed by atoms with E-state index in [2.05, 4.69) is 34.3 Å². The molecular formula is C15H15N2OS+. The van der Waals surface area contributed by atoms with Gasteiger partial charge in [0.15, 0.2) is 0 Å². The third-order valence-electron chi connectivity index (χ3n) is 2.93. The molecule has 0 spiro atoms. The highest BCUT2D eigenvalue weighted by molar-refractivity contribution is 7.13. The van der Waals surface area contributed by atoms with Crippen LogP contribution < -0.4 is 9.88 Å². The first-order valence-electron chi connectivity index (χ1n) is 6.15. The molecule has 96 valence electrons. The summed E-state index contributed by atoms with van der Waals surface area (Å²) in [6, 6.07) is 14.1. The van der Waals surface area contributed by atoms with Gasteiger partial charge in [-0.3, -0.25) is 0 Å². The van der Waals surface area contributed by atoms with Crippen molar-refractivity contribution in [2.24, 2.45) is 0 Å². The van der Waals surface area contributed by atoms with Gasteiger partial charge in [0.25, 0.3) is 0 Å². The van der Waals surface area contributed by atoms with E-state index in [9.17, 15) is 0 Å². The average molecular weight is 271 g/mol. The highest BCUT2D eigenvalue weighted by Crippen LogP contribution is 2.19. The normalized spacial score (nSPS) is 10.6. The summed E-state index contributed by atoms with van der Waals surface area (Å²) in [7, 11) is 0. The third-order valence-corrected chi connectivity index (χ3v) is 3.94. The lowest BCUT2D eigenvalue weighted by Gasteiger charge is -2.02. The summed E-state index contributed by atoms with van der Waals surface area (Å²) in [4.78, 5) is 0. The van der Waals surface area contributed by atoms with Gasteiger partial charge in [-0.15, -0.1) is 0 Å². The second kappa shape index (κ2) is 5.28. The number of hydrogen-bond acceptors (Lipinski definition) is 3. The monoisotopic (exact) mass is 271 g/mol. The zero-order valence-corrected chi connectivity index (χ0v) is 11.5. The average Bonchev–Trinajstić information content (AvgIpc) is 3.05. The fourth-order valence-corrected chi connectivity index (χ4v) is 2.85. The zero-order valence-electron chi connectivity index (χ0n) is 10.7. The van der Waals surface area contributed by atoms with Crippen molar-refractivity contribution in [2.75, 3.05) is 5.32 Å². The summed E-state index contributed by atoms with van der Waals surface area (Å²) in [6.45, 7) is 2.85. The van der Waals surface area contributed by atoms with Crippen LogP contribution in [0.4, 0.5) is 10.8 Å². The fourth-order valence-electron chi connectivity index (χ4n) is 1.93. The van der Waals surface area contributed by atoms with Gasteiger partial charge in [-0.1, -0.05) is 29.5 Å². The highest BCUT2D eigenvalue weighted by Gasteiger charge is 2.16. The zero-order chi connectivity index (χ0) is 13.1. The summed E-state index contributed by atoms with van der Waals surface area (Å²) in [5.74, 6) is 0.961. The van der Waals surface area contributed by atoms with E-state index in [4.69, 9.17) is 4.42 Å². The first kappa shape index (κ1) is 12.0. The molecule has 1 aromatic carbocycles. The lowest BCUT2D eigenvalue weighted by Crippen LogP contribution is -2.37. The Kier molecular flexibility index (Phi) is 3.33. The first-order valence-corrected chi connectivity index (χ1v) is 7.03. The largest absolute Gasteiger partial charge is 0.465 e. The molecule has 0 aliphatic carbocycles. The van der Waals surface area contributed by atoms with Gasteiger partial charge in [-0.05, 0) is 31.2 Å². The van der Waals surface area contributed by atoms with Crippen molar-refractivity contribution < 1.29 is 8.98 Å². The first-order chi connectivity index (χ1) is 9.33. The molecule has 2 heterocycles. The molecule has 0 unspecified atom stereocenters. The van der Waals surface area contributed by atoms with Crippen LogP contribution in [0, 0.1) is 6.92 Å². The second-order valence-electron chi connectivity index (χ2n) is 4.34. The van der Waals surface area contributed by atoms with Crippen LogP contribution in [0.25, 0.3) is 0 Å². The Labute approximate surface area is 116 Å². The van der Waals surface area contributed by atoms with Gasteiger partial charge in [0.1, 0.15) is 23.7 Å². The molecule has 1 N–H and O–H groups in total. The van der Waals surface area contributed by atoms with Gasteiger partial charge < -0.3 is 4.42 Å². The lowest BCUT2D eigenvalue weighted by atomic mass is 10.3. The molecule has 0 radical (unpaired) electrons. The maximum Gasteiger partial charge on any atom is 0.339 e. The molecule has 0 bridgehead atoms. The number of rotatable bonds is 4. The Hall–Kier alpha value is -2.07. The number of thiazole rings is 1. The molecule has 19 heavy (non-hydrogen) atoms. The van der Waals surface area contributed by atoms with E-state index in [1.54, 1.807) is 17.6 Å². The SMILES string of the molecule is Cc1csc(Nc2ccccc2)[n+]1Cc1ccco1. The third kappa shape index (κ3) is 2.69. The molecule has 0 saturated heterocycles. The van der Waals surface area contributed by atoms with Crippen molar-refractivity contribution in [2.45, 2.75) is 13.5 Å². The molecule has 0 fully saturated rings. The van der Waals surface area contributed by atoms with Crippen molar-refractivity contribution in [3.8, 4) is 0 Å². The molecule has 4 heteroatoms. The van der Waals surface area contributed by atoms with Crippen LogP contribution in [0.2, 0.25) is 0 Å². The molecule has 0 saturated carbocycles. The standard InChI is InChI=1S/C15H14N2OS/c1-12-11-19-15(16-13-6-3-2-4-7-13)17(12)10-14-8-5-9-18-14/h2-9,11H,10H2,1H3/p+1. The summed E-state index contributed by atoms with van der Waals surface area (Å²) in [6.07, 6.45) is 1.71. The predicted octanol–water partition coefficient (Wildman–Crippen LogP) is 3.73. The van der Waals surface area contributed by atoms with E-state index in [1.165, 1.54) is 5.69 Å². The maximum atomic E-state index is 5.42. The van der Waals surface area contributed by atoms with Crippen molar-refractivity contribution in [3.63, 3.8) is 0 Å². The van der Waals surface area contributed by atoms with E-state index in [-0.39, 0.29) is 0 Å². The molecule has 2 aromatic heterocycles. The maximum absolute atomic E-state index is 5.42. The number of nitrogens with one attached hydrogen (secondary N) is 1. The van der Waals surface area contributed by atoms with Crippen LogP contribution in [-0.4, -0.2) is 0 Å². The van der Waals surface area contributed by atoms with Crippen LogP contribution >= 0.6 is 11.3 Å². The number of nitrogens with zero attached hydrogens (tertiary/aromatic N) is 1. The van der Waals surface area contributed by atoms with Gasteiger partial charge in [-0.25, -0.2) is 9.88 Å².